The van der Waals surface area contributed by atoms with Crippen molar-refractivity contribution in [3.63, 3.8) is 0 Å². The monoisotopic (exact) mass is 254 g/mol. The van der Waals surface area contributed by atoms with Crippen LogP contribution in [0.1, 0.15) is 58.1 Å². The zero-order valence-electron chi connectivity index (χ0n) is 12.9. The second-order valence-corrected chi connectivity index (χ2v) is 6.63. The predicted molar refractivity (Wildman–Crippen MR) is 84.6 cm³/mol. The Morgan fingerprint density at radius 2 is 1.74 bits per heavy atom. The molecule has 0 bridgehead atoms. The maximum atomic E-state index is 2.40. The number of rotatable bonds is 3. The molecule has 1 unspecified atom stereocenters. The molecule has 1 aromatic carbocycles. The van der Waals surface area contributed by atoms with Crippen LogP contribution in [-0.4, -0.2) is 0 Å². The average molecular weight is 254 g/mol. The van der Waals surface area contributed by atoms with Crippen molar-refractivity contribution >= 4 is 0 Å². The van der Waals surface area contributed by atoms with Crippen molar-refractivity contribution in [3.8, 4) is 0 Å². The minimum atomic E-state index is 0.103. The van der Waals surface area contributed by atoms with E-state index in [2.05, 4.69) is 77.1 Å². The van der Waals surface area contributed by atoms with Gasteiger partial charge in [0.05, 0.1) is 0 Å². The summed E-state index contributed by atoms with van der Waals surface area (Å²) in [7, 11) is 0. The summed E-state index contributed by atoms with van der Waals surface area (Å²) in [4.78, 5) is 0. The molecule has 0 spiro atoms. The average Bonchev–Trinajstić information content (AvgIpc) is 2.39. The molecule has 1 aliphatic carbocycles. The van der Waals surface area contributed by atoms with Gasteiger partial charge in [0.25, 0.3) is 0 Å². The van der Waals surface area contributed by atoms with E-state index in [1.54, 1.807) is 0 Å². The highest BCUT2D eigenvalue weighted by Crippen LogP contribution is 2.35. The molecule has 0 amide bonds. The molecule has 102 valence electrons. The Bertz CT molecular complexity index is 483. The van der Waals surface area contributed by atoms with Gasteiger partial charge in [0.1, 0.15) is 0 Å². The van der Waals surface area contributed by atoms with Gasteiger partial charge in [-0.3, -0.25) is 0 Å². The third-order valence-electron chi connectivity index (χ3n) is 4.33. The quantitative estimate of drug-likeness (QED) is 0.657. The molecule has 0 nitrogen and oxygen atoms in total. The van der Waals surface area contributed by atoms with Gasteiger partial charge in [-0.05, 0) is 35.0 Å². The van der Waals surface area contributed by atoms with Crippen molar-refractivity contribution in [1.82, 2.24) is 0 Å². The van der Waals surface area contributed by atoms with Gasteiger partial charge < -0.3 is 0 Å². The first-order valence-corrected chi connectivity index (χ1v) is 7.40. The van der Waals surface area contributed by atoms with E-state index in [4.69, 9.17) is 0 Å². The molecule has 0 fully saturated rings. The van der Waals surface area contributed by atoms with Gasteiger partial charge in [0.2, 0.25) is 0 Å². The van der Waals surface area contributed by atoms with Gasteiger partial charge >= 0.3 is 0 Å². The Kier molecular flexibility index (Phi) is 3.99. The number of hydrogen-bond donors (Lipinski definition) is 0. The van der Waals surface area contributed by atoms with Crippen molar-refractivity contribution in [3.05, 3.63) is 59.2 Å². The maximum absolute atomic E-state index is 2.40. The van der Waals surface area contributed by atoms with Crippen LogP contribution in [0.2, 0.25) is 0 Å². The lowest BCUT2D eigenvalue weighted by Gasteiger charge is -2.30. The molecule has 0 N–H and O–H groups in total. The molecule has 1 atom stereocenters. The fourth-order valence-corrected chi connectivity index (χ4v) is 2.64. The Labute approximate surface area is 118 Å². The molecule has 2 rings (SSSR count). The van der Waals surface area contributed by atoms with Crippen molar-refractivity contribution in [1.29, 1.82) is 0 Å². The molecule has 0 aliphatic heterocycles. The summed E-state index contributed by atoms with van der Waals surface area (Å²) in [6.07, 6.45) is 8.21. The van der Waals surface area contributed by atoms with Gasteiger partial charge in [-0.2, -0.15) is 0 Å². The van der Waals surface area contributed by atoms with Gasteiger partial charge in [0, 0.05) is 5.41 Å². The normalized spacial score (nSPS) is 19.7. The zero-order chi connectivity index (χ0) is 14.0. The number of benzene rings is 1. The van der Waals surface area contributed by atoms with E-state index in [0.29, 0.717) is 11.8 Å². The summed E-state index contributed by atoms with van der Waals surface area (Å²) in [6.45, 7) is 11.4. The van der Waals surface area contributed by atoms with Crippen LogP contribution < -0.4 is 0 Å². The SMILES string of the molecule is CC1C=CC(C(C)(C)c2ccc(C(C)C)cc2)=CC1. The van der Waals surface area contributed by atoms with Crippen LogP contribution in [0.15, 0.2) is 48.1 Å². The van der Waals surface area contributed by atoms with Gasteiger partial charge in [-0.1, -0.05) is 77.1 Å². The van der Waals surface area contributed by atoms with E-state index in [0.717, 1.165) is 0 Å². The van der Waals surface area contributed by atoms with E-state index >= 15 is 0 Å². The maximum Gasteiger partial charge on any atom is 0.0143 e. The van der Waals surface area contributed by atoms with E-state index in [-0.39, 0.29) is 5.41 Å². The topological polar surface area (TPSA) is 0 Å². The highest BCUT2D eigenvalue weighted by molar-refractivity contribution is 5.42. The molecule has 0 heteroatoms. The molecule has 0 aromatic heterocycles. The Balaban J connectivity index is 2.27. The third-order valence-corrected chi connectivity index (χ3v) is 4.33. The smallest absolute Gasteiger partial charge is 0.0143 e. The molecular formula is C19H26. The van der Waals surface area contributed by atoms with E-state index in [1.807, 2.05) is 0 Å². The van der Waals surface area contributed by atoms with Gasteiger partial charge in [-0.25, -0.2) is 0 Å². The Morgan fingerprint density at radius 1 is 1.11 bits per heavy atom. The lowest BCUT2D eigenvalue weighted by molar-refractivity contribution is 0.615. The van der Waals surface area contributed by atoms with Crippen LogP contribution in [0.25, 0.3) is 0 Å². The third kappa shape index (κ3) is 3.00. The molecular weight excluding hydrogens is 228 g/mol. The van der Waals surface area contributed by atoms with E-state index < -0.39 is 0 Å². The van der Waals surface area contributed by atoms with Crippen molar-refractivity contribution in [2.24, 2.45) is 5.92 Å². The molecule has 19 heavy (non-hydrogen) atoms. The zero-order valence-corrected chi connectivity index (χ0v) is 12.9. The fraction of sp³-hybridized carbons (Fsp3) is 0.474. The molecule has 1 aromatic rings. The standard InChI is InChI=1S/C19H26/c1-14(2)16-8-12-18(13-9-16)19(4,5)17-10-6-15(3)7-11-17/h6,8-15H,7H2,1-5H3. The molecule has 0 saturated heterocycles. The second kappa shape index (κ2) is 5.36. The van der Waals surface area contributed by atoms with Crippen LogP contribution in [0.5, 0.6) is 0 Å². The first kappa shape index (κ1) is 14.1. The van der Waals surface area contributed by atoms with E-state index in [9.17, 15) is 0 Å². The lowest BCUT2D eigenvalue weighted by atomic mass is 9.75. The van der Waals surface area contributed by atoms with Crippen molar-refractivity contribution in [2.75, 3.05) is 0 Å². The molecule has 1 aliphatic rings. The minimum absolute atomic E-state index is 0.103. The van der Waals surface area contributed by atoms with Crippen LogP contribution in [0, 0.1) is 5.92 Å². The summed E-state index contributed by atoms with van der Waals surface area (Å²) in [6, 6.07) is 9.14. The van der Waals surface area contributed by atoms with Crippen LogP contribution >= 0.6 is 0 Å². The van der Waals surface area contributed by atoms with Crippen LogP contribution in [0.3, 0.4) is 0 Å². The van der Waals surface area contributed by atoms with Crippen LogP contribution in [-0.2, 0) is 5.41 Å². The number of hydrogen-bond acceptors (Lipinski definition) is 0. The van der Waals surface area contributed by atoms with Crippen molar-refractivity contribution < 1.29 is 0 Å². The lowest BCUT2D eigenvalue weighted by Crippen LogP contribution is -2.20. The highest BCUT2D eigenvalue weighted by atomic mass is 14.3. The summed E-state index contributed by atoms with van der Waals surface area (Å²) in [5.41, 5.74) is 4.37. The van der Waals surface area contributed by atoms with E-state index in [1.165, 1.54) is 23.1 Å². The first-order valence-electron chi connectivity index (χ1n) is 7.40. The minimum Gasteiger partial charge on any atom is -0.0811 e. The van der Waals surface area contributed by atoms with Gasteiger partial charge in [-0.15, -0.1) is 0 Å². The largest absolute Gasteiger partial charge is 0.0811 e. The Hall–Kier alpha value is -1.30. The predicted octanol–water partition coefficient (Wildman–Crippen LogP) is 5.61. The summed E-state index contributed by atoms with van der Waals surface area (Å²) >= 11 is 0. The summed E-state index contributed by atoms with van der Waals surface area (Å²) in [5.74, 6) is 1.29. The fourth-order valence-electron chi connectivity index (χ4n) is 2.64. The molecule has 0 saturated carbocycles. The second-order valence-electron chi connectivity index (χ2n) is 6.63. The molecule has 0 radical (unpaired) electrons. The van der Waals surface area contributed by atoms with Crippen LogP contribution in [0.4, 0.5) is 0 Å². The highest BCUT2D eigenvalue weighted by Gasteiger charge is 2.25. The first-order chi connectivity index (χ1) is 8.91. The van der Waals surface area contributed by atoms with Gasteiger partial charge in [0.15, 0.2) is 0 Å². The summed E-state index contributed by atoms with van der Waals surface area (Å²) in [5, 5.41) is 0. The van der Waals surface area contributed by atoms with Crippen molar-refractivity contribution in [2.45, 2.75) is 52.4 Å². The Morgan fingerprint density at radius 3 is 2.21 bits per heavy atom. The summed E-state index contributed by atoms with van der Waals surface area (Å²) < 4.78 is 0. The number of allylic oxidation sites excluding steroid dienone is 4. The molecule has 0 heterocycles.